The molecule has 4 aromatic carbocycles. The van der Waals surface area contributed by atoms with E-state index in [2.05, 4.69) is 0 Å². The minimum absolute atomic E-state index is 0.0815. The van der Waals surface area contributed by atoms with Crippen LogP contribution in [-0.2, 0) is 29.6 Å². The summed E-state index contributed by atoms with van der Waals surface area (Å²) in [5.74, 6) is -2.22. The molecule has 1 aliphatic heterocycles. The molecule has 0 aliphatic carbocycles. The highest BCUT2D eigenvalue weighted by molar-refractivity contribution is 7.93. The first-order valence-electron chi connectivity index (χ1n) is 15.0. The number of piperazine rings is 1. The maximum atomic E-state index is 13.6. The molecule has 5 rings (SSSR count). The monoisotopic (exact) mass is 696 g/mol. The summed E-state index contributed by atoms with van der Waals surface area (Å²) in [5.41, 5.74) is 2.28. The normalized spacial score (nSPS) is 13.7. The van der Waals surface area contributed by atoms with E-state index in [0.29, 0.717) is 0 Å². The summed E-state index contributed by atoms with van der Waals surface area (Å²) in [6.45, 7) is 2.94. The number of nitrogens with zero attached hydrogens (tertiary/aromatic N) is 4. The third-order valence-electron chi connectivity index (χ3n) is 7.99. The predicted molar refractivity (Wildman–Crippen MR) is 177 cm³/mol. The molecule has 48 heavy (non-hydrogen) atoms. The fraction of sp³-hybridized carbons (Fsp3) is 0.235. The summed E-state index contributed by atoms with van der Waals surface area (Å²) in [6, 6.07) is 21.9. The number of sulfonamides is 2. The number of hydrogen-bond acceptors (Lipinski definition) is 6. The first kappa shape index (κ1) is 34.5. The fourth-order valence-electron chi connectivity index (χ4n) is 5.17. The molecule has 252 valence electrons. The third-order valence-corrected chi connectivity index (χ3v) is 11.6. The number of aryl methyl sites for hydroxylation is 2. The first-order chi connectivity index (χ1) is 22.8. The Morgan fingerprint density at radius 3 is 1.12 bits per heavy atom. The fourth-order valence-corrected chi connectivity index (χ4v) is 8.00. The smallest absolute Gasteiger partial charge is 0.264 e. The molecular weight excluding hydrogens is 663 g/mol. The lowest BCUT2D eigenvalue weighted by atomic mass is 10.2. The Hall–Kier alpha value is -4.82. The zero-order valence-corrected chi connectivity index (χ0v) is 27.9. The Balaban J connectivity index is 1.30. The molecule has 10 nitrogen and oxygen atoms in total. The number of hydrogen-bond donors (Lipinski definition) is 0. The van der Waals surface area contributed by atoms with Crippen molar-refractivity contribution >= 4 is 43.2 Å². The summed E-state index contributed by atoms with van der Waals surface area (Å²) >= 11 is 0. The second-order valence-electron chi connectivity index (χ2n) is 11.4. The molecule has 0 radical (unpaired) electrons. The summed E-state index contributed by atoms with van der Waals surface area (Å²) in [7, 11) is -8.50. The molecular formula is C34H34F2N4O6S2. The van der Waals surface area contributed by atoms with Crippen LogP contribution in [0.1, 0.15) is 11.1 Å². The number of amides is 2. The van der Waals surface area contributed by atoms with Crippen LogP contribution in [0, 0.1) is 25.5 Å². The summed E-state index contributed by atoms with van der Waals surface area (Å²) in [6.07, 6.45) is 0. The third kappa shape index (κ3) is 7.66. The largest absolute Gasteiger partial charge is 0.338 e. The molecule has 0 spiro atoms. The molecule has 1 aliphatic rings. The molecule has 4 aromatic rings. The van der Waals surface area contributed by atoms with Crippen LogP contribution in [0.5, 0.6) is 0 Å². The standard InChI is InChI=1S/C34H34F2N4O6S2/c1-25-3-11-29(12-4-25)39(47(43,44)31-15-7-27(35)8-16-31)23-33(41)37-19-21-38(22-20-37)34(42)24-40(30-13-5-26(2)6-14-30)48(45,46)32-17-9-28(36)10-18-32/h3-18H,19-24H2,1-2H3. The topological polar surface area (TPSA) is 115 Å². The molecule has 0 N–H and O–H groups in total. The van der Waals surface area contributed by atoms with Crippen molar-refractivity contribution in [2.75, 3.05) is 47.9 Å². The highest BCUT2D eigenvalue weighted by Gasteiger charge is 2.33. The molecule has 0 bridgehead atoms. The lowest BCUT2D eigenvalue weighted by Crippen LogP contribution is -2.55. The number of rotatable bonds is 10. The molecule has 2 amide bonds. The molecule has 1 fully saturated rings. The van der Waals surface area contributed by atoms with Crippen molar-refractivity contribution in [1.82, 2.24) is 9.80 Å². The van der Waals surface area contributed by atoms with E-state index < -0.39 is 56.6 Å². The van der Waals surface area contributed by atoms with Crippen LogP contribution in [0.25, 0.3) is 0 Å². The highest BCUT2D eigenvalue weighted by atomic mass is 32.2. The molecule has 0 atom stereocenters. The molecule has 0 saturated carbocycles. The molecule has 1 saturated heterocycles. The summed E-state index contributed by atoms with van der Waals surface area (Å²) in [4.78, 5) is 29.5. The van der Waals surface area contributed by atoms with Crippen molar-refractivity contribution in [2.24, 2.45) is 0 Å². The Bertz CT molecular complexity index is 1840. The van der Waals surface area contributed by atoms with Crippen molar-refractivity contribution in [3.8, 4) is 0 Å². The minimum Gasteiger partial charge on any atom is -0.338 e. The Labute approximate surface area is 278 Å². The minimum atomic E-state index is -4.25. The maximum absolute atomic E-state index is 13.6. The number of halogens is 2. The van der Waals surface area contributed by atoms with Crippen molar-refractivity contribution in [2.45, 2.75) is 23.6 Å². The van der Waals surface area contributed by atoms with Crippen LogP contribution < -0.4 is 8.61 Å². The summed E-state index contributed by atoms with van der Waals surface area (Å²) in [5, 5.41) is 0. The lowest BCUT2D eigenvalue weighted by Gasteiger charge is -2.37. The van der Waals surface area contributed by atoms with Gasteiger partial charge in [0.15, 0.2) is 0 Å². The second-order valence-corrected chi connectivity index (χ2v) is 15.1. The predicted octanol–water partition coefficient (Wildman–Crippen LogP) is 4.34. The van der Waals surface area contributed by atoms with E-state index in [1.807, 2.05) is 13.8 Å². The van der Waals surface area contributed by atoms with Gasteiger partial charge in [0.2, 0.25) is 11.8 Å². The second kappa shape index (κ2) is 14.1. The van der Waals surface area contributed by atoms with E-state index in [1.54, 1.807) is 48.5 Å². The van der Waals surface area contributed by atoms with E-state index in [-0.39, 0.29) is 47.3 Å². The molecule has 0 unspecified atom stereocenters. The number of benzene rings is 4. The van der Waals surface area contributed by atoms with Gasteiger partial charge in [-0.05, 0) is 86.6 Å². The van der Waals surface area contributed by atoms with Crippen LogP contribution in [0.3, 0.4) is 0 Å². The van der Waals surface area contributed by atoms with Gasteiger partial charge in [0.1, 0.15) is 24.7 Å². The van der Waals surface area contributed by atoms with Gasteiger partial charge in [0.05, 0.1) is 21.2 Å². The quantitative estimate of drug-likeness (QED) is 0.244. The van der Waals surface area contributed by atoms with Crippen molar-refractivity contribution in [3.63, 3.8) is 0 Å². The van der Waals surface area contributed by atoms with Gasteiger partial charge in [-0.2, -0.15) is 0 Å². The Morgan fingerprint density at radius 1 is 0.542 bits per heavy atom. The van der Waals surface area contributed by atoms with Crippen molar-refractivity contribution in [1.29, 1.82) is 0 Å². The van der Waals surface area contributed by atoms with Crippen LogP contribution >= 0.6 is 0 Å². The van der Waals surface area contributed by atoms with Gasteiger partial charge in [-0.3, -0.25) is 18.2 Å². The number of carbonyl (C=O) groups is 2. The summed E-state index contributed by atoms with van der Waals surface area (Å²) < 4.78 is 83.6. The van der Waals surface area contributed by atoms with E-state index in [1.165, 1.54) is 9.80 Å². The van der Waals surface area contributed by atoms with Gasteiger partial charge < -0.3 is 9.80 Å². The van der Waals surface area contributed by atoms with Crippen LogP contribution in [0.2, 0.25) is 0 Å². The molecule has 14 heteroatoms. The van der Waals surface area contributed by atoms with Gasteiger partial charge in [0.25, 0.3) is 20.0 Å². The average molecular weight is 697 g/mol. The van der Waals surface area contributed by atoms with Gasteiger partial charge in [-0.1, -0.05) is 35.4 Å². The SMILES string of the molecule is Cc1ccc(N(CC(=O)N2CCN(C(=O)CN(c3ccc(C)cc3)S(=O)(=O)c3ccc(F)cc3)CC2)S(=O)(=O)c2ccc(F)cc2)cc1. The molecule has 0 aromatic heterocycles. The zero-order chi connectivity index (χ0) is 34.6. The van der Waals surface area contributed by atoms with Crippen LogP contribution in [0.4, 0.5) is 20.2 Å². The Kier molecular flexibility index (Phi) is 10.2. The van der Waals surface area contributed by atoms with Gasteiger partial charge in [-0.25, -0.2) is 25.6 Å². The number of carbonyl (C=O) groups excluding carboxylic acids is 2. The highest BCUT2D eigenvalue weighted by Crippen LogP contribution is 2.26. The van der Waals surface area contributed by atoms with Gasteiger partial charge >= 0.3 is 0 Å². The zero-order valence-electron chi connectivity index (χ0n) is 26.3. The van der Waals surface area contributed by atoms with E-state index in [4.69, 9.17) is 0 Å². The van der Waals surface area contributed by atoms with E-state index in [9.17, 15) is 35.2 Å². The van der Waals surface area contributed by atoms with Crippen LogP contribution in [0.15, 0.2) is 107 Å². The Morgan fingerprint density at radius 2 is 0.833 bits per heavy atom. The van der Waals surface area contributed by atoms with E-state index >= 15 is 0 Å². The van der Waals surface area contributed by atoms with Gasteiger partial charge in [-0.15, -0.1) is 0 Å². The number of anilines is 2. The average Bonchev–Trinajstić information content (AvgIpc) is 3.07. The van der Waals surface area contributed by atoms with E-state index in [0.717, 1.165) is 68.3 Å². The van der Waals surface area contributed by atoms with Crippen molar-refractivity contribution in [3.05, 3.63) is 120 Å². The van der Waals surface area contributed by atoms with Crippen molar-refractivity contribution < 1.29 is 35.2 Å². The first-order valence-corrected chi connectivity index (χ1v) is 17.9. The van der Waals surface area contributed by atoms with Gasteiger partial charge in [0, 0.05) is 26.2 Å². The molecule has 1 heterocycles. The lowest BCUT2D eigenvalue weighted by molar-refractivity contribution is -0.137. The van der Waals surface area contributed by atoms with Crippen LogP contribution in [-0.4, -0.2) is 77.7 Å². The maximum Gasteiger partial charge on any atom is 0.264 e.